The van der Waals surface area contributed by atoms with Gasteiger partial charge in [0.1, 0.15) is 0 Å². The van der Waals surface area contributed by atoms with Crippen LogP contribution in [0.5, 0.6) is 0 Å². The van der Waals surface area contributed by atoms with Gasteiger partial charge in [0, 0.05) is 32.2 Å². The highest BCUT2D eigenvalue weighted by molar-refractivity contribution is 5.79. The molecule has 3 aliphatic heterocycles. The number of carbonyl (C=O) groups is 1. The molecule has 3 rings (SSSR count). The van der Waals surface area contributed by atoms with Crippen molar-refractivity contribution in [2.75, 3.05) is 39.4 Å². The Morgan fingerprint density at radius 3 is 2.47 bits per heavy atom. The van der Waals surface area contributed by atoms with Gasteiger partial charge in [-0.2, -0.15) is 0 Å². The number of β-amino-alcohol motifs (C(OH)–C–C–N with tert-alkyl or cyclic N) is 1. The van der Waals surface area contributed by atoms with Crippen molar-refractivity contribution in [2.24, 2.45) is 5.92 Å². The number of ether oxygens (including phenoxy) is 1. The second-order valence-electron chi connectivity index (χ2n) is 6.01. The molecule has 0 aromatic rings. The van der Waals surface area contributed by atoms with E-state index in [4.69, 9.17) is 4.74 Å². The first kappa shape index (κ1) is 13.3. The monoisotopic (exact) mass is 268 g/mol. The van der Waals surface area contributed by atoms with Crippen LogP contribution in [0, 0.1) is 5.92 Å². The van der Waals surface area contributed by atoms with E-state index in [0.717, 1.165) is 25.9 Å². The average molecular weight is 268 g/mol. The van der Waals surface area contributed by atoms with E-state index >= 15 is 0 Å². The Hall–Kier alpha value is -0.650. The minimum absolute atomic E-state index is 0.110. The molecule has 1 N–H and O–H groups in total. The van der Waals surface area contributed by atoms with E-state index in [1.54, 1.807) is 0 Å². The van der Waals surface area contributed by atoms with Crippen molar-refractivity contribution in [1.82, 2.24) is 9.80 Å². The molecule has 1 amide bonds. The van der Waals surface area contributed by atoms with Crippen LogP contribution < -0.4 is 0 Å². The molecule has 0 aromatic heterocycles. The molecule has 19 heavy (non-hydrogen) atoms. The van der Waals surface area contributed by atoms with E-state index in [1.807, 2.05) is 4.90 Å². The number of carbonyl (C=O) groups excluding carboxylic acids is 1. The van der Waals surface area contributed by atoms with Crippen molar-refractivity contribution in [3.8, 4) is 0 Å². The van der Waals surface area contributed by atoms with Crippen LogP contribution >= 0.6 is 0 Å². The lowest BCUT2D eigenvalue weighted by Gasteiger charge is -2.27. The number of likely N-dealkylation sites (tertiary alicyclic amines) is 2. The van der Waals surface area contributed by atoms with Crippen molar-refractivity contribution in [2.45, 2.75) is 37.8 Å². The van der Waals surface area contributed by atoms with Gasteiger partial charge in [-0.15, -0.1) is 0 Å². The maximum atomic E-state index is 12.4. The predicted molar refractivity (Wildman–Crippen MR) is 70.7 cm³/mol. The number of rotatable bonds is 2. The third kappa shape index (κ3) is 2.78. The van der Waals surface area contributed by atoms with Gasteiger partial charge in [0.2, 0.25) is 5.91 Å². The van der Waals surface area contributed by atoms with Gasteiger partial charge in [-0.05, 0) is 38.8 Å². The molecule has 0 unspecified atom stereocenters. The molecule has 108 valence electrons. The van der Waals surface area contributed by atoms with Gasteiger partial charge in [0.25, 0.3) is 0 Å². The molecule has 0 aromatic carbocycles. The third-order valence-electron chi connectivity index (χ3n) is 4.75. The topological polar surface area (TPSA) is 53.0 Å². The molecule has 3 fully saturated rings. The van der Waals surface area contributed by atoms with Crippen molar-refractivity contribution >= 4 is 5.91 Å². The molecule has 5 nitrogen and oxygen atoms in total. The Labute approximate surface area is 114 Å². The third-order valence-corrected chi connectivity index (χ3v) is 4.75. The van der Waals surface area contributed by atoms with Crippen LogP contribution in [0.1, 0.15) is 25.7 Å². The molecule has 0 spiro atoms. The smallest absolute Gasteiger partial charge is 0.226 e. The summed E-state index contributed by atoms with van der Waals surface area (Å²) in [6.07, 6.45) is 3.73. The largest absolute Gasteiger partial charge is 0.390 e. The Balaban J connectivity index is 1.58. The molecule has 5 heteroatoms. The summed E-state index contributed by atoms with van der Waals surface area (Å²) >= 11 is 0. The van der Waals surface area contributed by atoms with Gasteiger partial charge < -0.3 is 14.7 Å². The summed E-state index contributed by atoms with van der Waals surface area (Å²) in [5, 5.41) is 10.2. The standard InChI is InChI=1S/C14H24N2O3/c17-13-10-16(9-12(13)15-5-1-2-6-15)14(18)11-3-7-19-8-4-11/h11-13,17H,1-10H2/t12-,13-/m1/s1. The highest BCUT2D eigenvalue weighted by atomic mass is 16.5. The summed E-state index contributed by atoms with van der Waals surface area (Å²) in [6.45, 7) is 4.75. The fourth-order valence-corrected chi connectivity index (χ4v) is 3.58. The van der Waals surface area contributed by atoms with Gasteiger partial charge in [-0.25, -0.2) is 0 Å². The van der Waals surface area contributed by atoms with Gasteiger partial charge in [-0.1, -0.05) is 0 Å². The zero-order chi connectivity index (χ0) is 13.2. The van der Waals surface area contributed by atoms with Crippen LogP contribution in [0.15, 0.2) is 0 Å². The van der Waals surface area contributed by atoms with Crippen LogP contribution in [0.25, 0.3) is 0 Å². The van der Waals surface area contributed by atoms with Crippen LogP contribution in [0.2, 0.25) is 0 Å². The quantitative estimate of drug-likeness (QED) is 0.770. The fraction of sp³-hybridized carbons (Fsp3) is 0.929. The van der Waals surface area contributed by atoms with E-state index in [0.29, 0.717) is 26.3 Å². The maximum Gasteiger partial charge on any atom is 0.226 e. The lowest BCUT2D eigenvalue weighted by atomic mass is 9.99. The maximum absolute atomic E-state index is 12.4. The molecule has 0 radical (unpaired) electrons. The van der Waals surface area contributed by atoms with Crippen LogP contribution in [-0.4, -0.2) is 72.4 Å². The zero-order valence-corrected chi connectivity index (χ0v) is 11.5. The van der Waals surface area contributed by atoms with Crippen molar-refractivity contribution in [3.05, 3.63) is 0 Å². The number of aliphatic hydroxyl groups excluding tert-OH is 1. The number of aliphatic hydroxyl groups is 1. The highest BCUT2D eigenvalue weighted by Gasteiger charge is 2.40. The summed E-state index contributed by atoms with van der Waals surface area (Å²) in [5.41, 5.74) is 0. The first-order valence-corrected chi connectivity index (χ1v) is 7.54. The highest BCUT2D eigenvalue weighted by Crippen LogP contribution is 2.24. The van der Waals surface area contributed by atoms with E-state index in [9.17, 15) is 9.90 Å². The molecular formula is C14H24N2O3. The molecule has 0 bridgehead atoms. The number of nitrogens with zero attached hydrogens (tertiary/aromatic N) is 2. The summed E-state index contributed by atoms with van der Waals surface area (Å²) < 4.78 is 5.31. The lowest BCUT2D eigenvalue weighted by Crippen LogP contribution is -2.42. The van der Waals surface area contributed by atoms with Gasteiger partial charge in [0.05, 0.1) is 12.1 Å². The van der Waals surface area contributed by atoms with Gasteiger partial charge in [-0.3, -0.25) is 9.69 Å². The van der Waals surface area contributed by atoms with Crippen LogP contribution in [0.4, 0.5) is 0 Å². The van der Waals surface area contributed by atoms with Gasteiger partial charge in [0.15, 0.2) is 0 Å². The van der Waals surface area contributed by atoms with Crippen LogP contribution in [-0.2, 0) is 9.53 Å². The summed E-state index contributed by atoms with van der Waals surface area (Å²) in [5.74, 6) is 0.335. The van der Waals surface area contributed by atoms with Crippen LogP contribution in [0.3, 0.4) is 0 Å². The van der Waals surface area contributed by atoms with Crippen molar-refractivity contribution in [1.29, 1.82) is 0 Å². The van der Waals surface area contributed by atoms with Crippen molar-refractivity contribution in [3.63, 3.8) is 0 Å². The van der Waals surface area contributed by atoms with E-state index < -0.39 is 0 Å². The fourth-order valence-electron chi connectivity index (χ4n) is 3.58. The normalized spacial score (nSPS) is 34.1. The van der Waals surface area contributed by atoms with Crippen molar-refractivity contribution < 1.29 is 14.6 Å². The summed E-state index contributed by atoms with van der Waals surface area (Å²) in [6, 6.07) is 0.159. The minimum Gasteiger partial charge on any atom is -0.390 e. The number of hydrogen-bond acceptors (Lipinski definition) is 4. The average Bonchev–Trinajstić information content (AvgIpc) is 3.08. The molecule has 3 saturated heterocycles. The Morgan fingerprint density at radius 2 is 1.79 bits per heavy atom. The summed E-state index contributed by atoms with van der Waals surface area (Å²) in [7, 11) is 0. The van der Waals surface area contributed by atoms with E-state index in [1.165, 1.54) is 12.8 Å². The second kappa shape index (κ2) is 5.77. The Morgan fingerprint density at radius 1 is 1.11 bits per heavy atom. The lowest BCUT2D eigenvalue weighted by molar-refractivity contribution is -0.137. The zero-order valence-electron chi connectivity index (χ0n) is 11.5. The molecule has 2 atom stereocenters. The first-order valence-electron chi connectivity index (χ1n) is 7.54. The number of hydrogen-bond donors (Lipinski definition) is 1. The molecule has 3 aliphatic rings. The molecular weight excluding hydrogens is 244 g/mol. The minimum atomic E-state index is -0.373. The van der Waals surface area contributed by atoms with E-state index in [-0.39, 0.29) is 24.0 Å². The molecule has 0 aliphatic carbocycles. The Kier molecular flexibility index (Phi) is 4.05. The van der Waals surface area contributed by atoms with E-state index in [2.05, 4.69) is 4.90 Å². The first-order chi connectivity index (χ1) is 9.25. The molecule has 3 heterocycles. The molecule has 0 saturated carbocycles. The summed E-state index contributed by atoms with van der Waals surface area (Å²) in [4.78, 5) is 16.7. The predicted octanol–water partition coefficient (Wildman–Crippen LogP) is 0.0805. The second-order valence-corrected chi connectivity index (χ2v) is 6.01. The SMILES string of the molecule is O=C(C1CCOCC1)N1C[C@@H](O)[C@H](N2CCCC2)C1. The van der Waals surface area contributed by atoms with Gasteiger partial charge >= 0.3 is 0 Å². The number of amides is 1. The Bertz CT molecular complexity index is 325.